The van der Waals surface area contributed by atoms with E-state index in [-0.39, 0.29) is 24.6 Å². The van der Waals surface area contributed by atoms with E-state index in [1.54, 1.807) is 32.0 Å². The van der Waals surface area contributed by atoms with E-state index in [1.807, 2.05) is 6.07 Å². The molecule has 3 N–H and O–H groups in total. The molecule has 144 valence electrons. The van der Waals surface area contributed by atoms with Gasteiger partial charge in [-0.1, -0.05) is 12.1 Å². The molecule has 0 spiro atoms. The fourth-order valence-electron chi connectivity index (χ4n) is 2.79. The van der Waals surface area contributed by atoms with Crippen molar-refractivity contribution in [3.8, 4) is 0 Å². The molecule has 1 aliphatic heterocycles. The third-order valence-corrected chi connectivity index (χ3v) is 4.41. The predicted octanol–water partition coefficient (Wildman–Crippen LogP) is 2.52. The van der Waals surface area contributed by atoms with Gasteiger partial charge in [-0.2, -0.15) is 4.98 Å². The number of hydrogen-bond acceptors (Lipinski definition) is 5. The maximum atomic E-state index is 12.3. The first-order valence-corrected chi connectivity index (χ1v) is 8.99. The molecule has 1 saturated heterocycles. The molecule has 3 rings (SSSR count). The van der Waals surface area contributed by atoms with E-state index >= 15 is 0 Å². The van der Waals surface area contributed by atoms with Crippen LogP contribution < -0.4 is 16.0 Å². The lowest BCUT2D eigenvalue weighted by molar-refractivity contribution is 0.0857. The summed E-state index contributed by atoms with van der Waals surface area (Å²) in [5.74, 6) is 0.509. The summed E-state index contributed by atoms with van der Waals surface area (Å²) in [7, 11) is 0. The van der Waals surface area contributed by atoms with E-state index < -0.39 is 6.03 Å². The minimum absolute atomic E-state index is 0.102. The monoisotopic (exact) mass is 372 g/mol. The van der Waals surface area contributed by atoms with Crippen molar-refractivity contribution in [3.05, 3.63) is 46.8 Å². The molecule has 0 bridgehead atoms. The molecule has 2 heterocycles. The average Bonchev–Trinajstić information content (AvgIpc) is 3.28. The van der Waals surface area contributed by atoms with Gasteiger partial charge in [0.15, 0.2) is 0 Å². The Kier molecular flexibility index (Phi) is 6.08. The van der Waals surface area contributed by atoms with Gasteiger partial charge >= 0.3 is 12.0 Å². The number of nitrogens with zero attached hydrogens (tertiary/aromatic N) is 1. The highest BCUT2D eigenvalue weighted by Gasteiger charge is 2.17. The van der Waals surface area contributed by atoms with Gasteiger partial charge in [-0.25, -0.2) is 4.79 Å². The van der Waals surface area contributed by atoms with Crippen molar-refractivity contribution in [2.45, 2.75) is 39.3 Å². The Hall–Kier alpha value is -2.87. The largest absolute Gasteiger partial charge is 0.428 e. The number of carbonyl (C=O) groups excluding carboxylic acids is 2. The summed E-state index contributed by atoms with van der Waals surface area (Å²) >= 11 is 0. The summed E-state index contributed by atoms with van der Waals surface area (Å²) < 4.78 is 10.8. The van der Waals surface area contributed by atoms with E-state index in [0.717, 1.165) is 30.7 Å². The lowest BCUT2D eigenvalue weighted by atomic mass is 10.1. The number of urea groups is 1. The van der Waals surface area contributed by atoms with Crippen molar-refractivity contribution in [1.29, 1.82) is 0 Å². The van der Waals surface area contributed by atoms with Gasteiger partial charge in [0.05, 0.1) is 11.8 Å². The number of benzene rings is 1. The molecule has 1 aromatic heterocycles. The summed E-state index contributed by atoms with van der Waals surface area (Å²) in [5, 5.41) is 8.15. The first-order valence-electron chi connectivity index (χ1n) is 8.99. The number of carbonyl (C=O) groups is 2. The number of rotatable bonds is 6. The van der Waals surface area contributed by atoms with Gasteiger partial charge in [0, 0.05) is 25.3 Å². The molecule has 2 aromatic rings. The number of ether oxygens (including phenoxy) is 1. The summed E-state index contributed by atoms with van der Waals surface area (Å²) in [4.78, 5) is 28.3. The van der Waals surface area contributed by atoms with E-state index in [0.29, 0.717) is 17.9 Å². The molecule has 0 radical (unpaired) electrons. The van der Waals surface area contributed by atoms with Crippen LogP contribution in [0.25, 0.3) is 0 Å². The fourth-order valence-corrected chi connectivity index (χ4v) is 2.79. The number of anilines is 1. The Bertz CT molecular complexity index is 792. The Morgan fingerprint density at radius 1 is 1.26 bits per heavy atom. The number of oxazole rings is 1. The maximum absolute atomic E-state index is 12.3. The second kappa shape index (κ2) is 8.68. The van der Waals surface area contributed by atoms with Crippen molar-refractivity contribution >= 4 is 18.0 Å². The quantitative estimate of drug-likeness (QED) is 0.723. The van der Waals surface area contributed by atoms with E-state index in [4.69, 9.17) is 9.15 Å². The van der Waals surface area contributed by atoms with Crippen LogP contribution in [0.5, 0.6) is 0 Å². The van der Waals surface area contributed by atoms with Gasteiger partial charge in [0.2, 0.25) is 0 Å². The third kappa shape index (κ3) is 5.30. The van der Waals surface area contributed by atoms with E-state index in [2.05, 4.69) is 20.9 Å². The molecular formula is C19H24N4O4. The standard InChI is InChI=1S/C19H24N4O4/c1-12-13(2)27-19(22-12)23-18(25)21-10-14-5-3-6-15(9-14)17(24)20-11-16-7-4-8-26-16/h3,5-6,9,16H,4,7-8,10-11H2,1-2H3,(H,20,24)(H2,21,22,23,25). The Balaban J connectivity index is 1.49. The Morgan fingerprint density at radius 2 is 2.11 bits per heavy atom. The van der Waals surface area contributed by atoms with Crippen LogP contribution in [0.4, 0.5) is 10.8 Å². The van der Waals surface area contributed by atoms with Crippen LogP contribution in [0.1, 0.15) is 40.2 Å². The van der Waals surface area contributed by atoms with E-state index in [1.165, 1.54) is 0 Å². The second-order valence-corrected chi connectivity index (χ2v) is 6.51. The SMILES string of the molecule is Cc1nc(NC(=O)NCc2cccc(C(=O)NCC3CCCO3)c2)oc1C. The van der Waals surface area contributed by atoms with Crippen LogP contribution in [0.2, 0.25) is 0 Å². The lowest BCUT2D eigenvalue weighted by Crippen LogP contribution is -2.32. The van der Waals surface area contributed by atoms with Crippen molar-refractivity contribution in [2.24, 2.45) is 0 Å². The first kappa shape index (κ1) is 18.9. The molecule has 3 amide bonds. The molecular weight excluding hydrogens is 348 g/mol. The molecule has 1 aromatic carbocycles. The topological polar surface area (TPSA) is 105 Å². The van der Waals surface area contributed by atoms with Gasteiger partial charge in [0.25, 0.3) is 5.91 Å². The highest BCUT2D eigenvalue weighted by Crippen LogP contribution is 2.13. The van der Waals surface area contributed by atoms with Crippen molar-refractivity contribution in [2.75, 3.05) is 18.5 Å². The van der Waals surface area contributed by atoms with Gasteiger partial charge in [-0.05, 0) is 44.4 Å². The van der Waals surface area contributed by atoms with Crippen LogP contribution in [-0.2, 0) is 11.3 Å². The minimum Gasteiger partial charge on any atom is -0.428 e. The van der Waals surface area contributed by atoms with Gasteiger partial charge in [-0.3, -0.25) is 10.1 Å². The molecule has 27 heavy (non-hydrogen) atoms. The van der Waals surface area contributed by atoms with E-state index in [9.17, 15) is 9.59 Å². The fraction of sp³-hybridized carbons (Fsp3) is 0.421. The van der Waals surface area contributed by atoms with Crippen molar-refractivity contribution in [3.63, 3.8) is 0 Å². The molecule has 1 atom stereocenters. The molecule has 0 aliphatic carbocycles. The van der Waals surface area contributed by atoms with Crippen LogP contribution in [0.3, 0.4) is 0 Å². The normalized spacial score (nSPS) is 16.1. The number of aromatic nitrogens is 1. The van der Waals surface area contributed by atoms with Gasteiger partial charge < -0.3 is 19.8 Å². The average molecular weight is 372 g/mol. The summed E-state index contributed by atoms with van der Waals surface area (Å²) in [6.07, 6.45) is 2.12. The zero-order valence-electron chi connectivity index (χ0n) is 15.5. The summed E-state index contributed by atoms with van der Waals surface area (Å²) in [6.45, 7) is 5.13. The number of amides is 3. The van der Waals surface area contributed by atoms with Gasteiger partial charge in [0.1, 0.15) is 5.76 Å². The van der Waals surface area contributed by atoms with Crippen LogP contribution in [-0.4, -0.2) is 36.2 Å². The highest BCUT2D eigenvalue weighted by atomic mass is 16.5. The summed E-state index contributed by atoms with van der Waals surface area (Å²) in [5.41, 5.74) is 2.09. The lowest BCUT2D eigenvalue weighted by Gasteiger charge is -2.11. The number of aryl methyl sites for hydroxylation is 2. The molecule has 1 unspecified atom stereocenters. The van der Waals surface area contributed by atoms with Crippen LogP contribution >= 0.6 is 0 Å². The zero-order valence-corrected chi connectivity index (χ0v) is 15.5. The molecule has 8 heteroatoms. The molecule has 0 saturated carbocycles. The van der Waals surface area contributed by atoms with Crippen LogP contribution in [0, 0.1) is 13.8 Å². The van der Waals surface area contributed by atoms with Crippen LogP contribution in [0.15, 0.2) is 28.7 Å². The third-order valence-electron chi connectivity index (χ3n) is 4.41. The molecule has 1 aliphatic rings. The highest BCUT2D eigenvalue weighted by molar-refractivity contribution is 5.94. The number of hydrogen-bond donors (Lipinski definition) is 3. The minimum atomic E-state index is -0.426. The first-order chi connectivity index (χ1) is 13.0. The zero-order chi connectivity index (χ0) is 19.2. The van der Waals surface area contributed by atoms with Gasteiger partial charge in [-0.15, -0.1) is 0 Å². The smallest absolute Gasteiger partial charge is 0.323 e. The maximum Gasteiger partial charge on any atom is 0.323 e. The molecule has 1 fully saturated rings. The van der Waals surface area contributed by atoms with Crippen molar-refractivity contribution in [1.82, 2.24) is 15.6 Å². The Labute approximate surface area is 157 Å². The molecule has 8 nitrogen and oxygen atoms in total. The second-order valence-electron chi connectivity index (χ2n) is 6.51. The predicted molar refractivity (Wildman–Crippen MR) is 99.6 cm³/mol. The number of nitrogens with one attached hydrogen (secondary N) is 3. The van der Waals surface area contributed by atoms with Crippen molar-refractivity contribution < 1.29 is 18.7 Å². The summed E-state index contributed by atoms with van der Waals surface area (Å²) in [6, 6.07) is 6.86. The Morgan fingerprint density at radius 3 is 2.81 bits per heavy atom.